The Morgan fingerprint density at radius 1 is 1.24 bits per heavy atom. The molecule has 6 N–H and O–H groups in total. The van der Waals surface area contributed by atoms with Gasteiger partial charge in [0.05, 0.1) is 0 Å². The lowest BCUT2D eigenvalue weighted by Crippen LogP contribution is -2.45. The van der Waals surface area contributed by atoms with Crippen LogP contribution in [0.15, 0.2) is 30.3 Å². The van der Waals surface area contributed by atoms with E-state index in [9.17, 15) is 9.59 Å². The van der Waals surface area contributed by atoms with E-state index in [4.69, 9.17) is 16.9 Å². The molecule has 1 radical (unpaired) electrons. The number of hydrogen-bond donors (Lipinski definition) is 4. The van der Waals surface area contributed by atoms with E-state index in [1.807, 2.05) is 5.32 Å². The zero-order valence-corrected chi connectivity index (χ0v) is 8.86. The van der Waals surface area contributed by atoms with Crippen molar-refractivity contribution in [1.82, 2.24) is 16.4 Å². The molecule has 0 heterocycles. The van der Waals surface area contributed by atoms with Gasteiger partial charge in [0, 0.05) is 0 Å². The van der Waals surface area contributed by atoms with Crippen LogP contribution in [0.2, 0.25) is 0 Å². The quantitative estimate of drug-likeness (QED) is 0.424. The number of carbonyl (C=O) groups is 2. The monoisotopic (exact) mass is 234 g/mol. The zero-order valence-electron chi connectivity index (χ0n) is 8.86. The van der Waals surface area contributed by atoms with Crippen molar-refractivity contribution in [3.8, 4) is 0 Å². The lowest BCUT2D eigenvalue weighted by molar-refractivity contribution is -0.120. The molecule has 0 aliphatic heterocycles. The summed E-state index contributed by atoms with van der Waals surface area (Å²) in [6.07, 6.45) is 0. The number of hydrogen-bond acceptors (Lipinski definition) is 3. The third-order valence-electron chi connectivity index (χ3n) is 1.92. The van der Waals surface area contributed by atoms with Crippen LogP contribution >= 0.6 is 0 Å². The molecule has 17 heavy (non-hydrogen) atoms. The van der Waals surface area contributed by atoms with Crippen LogP contribution in [0.5, 0.6) is 0 Å². The van der Waals surface area contributed by atoms with Gasteiger partial charge in [-0.3, -0.25) is 21.3 Å². The summed E-state index contributed by atoms with van der Waals surface area (Å²) in [6, 6.07) is 6.49. The Balaban J connectivity index is 2.78. The molecular weight excluding hydrogens is 222 g/mol. The third kappa shape index (κ3) is 3.82. The molecule has 1 unspecified atom stereocenters. The fourth-order valence-electron chi connectivity index (χ4n) is 1.24. The molecule has 0 fully saturated rings. The fraction of sp³-hybridized carbons (Fsp3) is 0.100. The molecular formula is C10H12N5O2. The first-order valence-corrected chi connectivity index (χ1v) is 4.72. The van der Waals surface area contributed by atoms with E-state index in [2.05, 4.69) is 5.32 Å². The van der Waals surface area contributed by atoms with Crippen LogP contribution in [0.1, 0.15) is 11.6 Å². The first kappa shape index (κ1) is 12.5. The van der Waals surface area contributed by atoms with Crippen molar-refractivity contribution in [2.24, 2.45) is 5.73 Å². The number of nitrogens with one attached hydrogen (secondary N) is 4. The van der Waals surface area contributed by atoms with Crippen molar-refractivity contribution >= 4 is 17.9 Å². The van der Waals surface area contributed by atoms with Gasteiger partial charge >= 0.3 is 6.03 Å². The van der Waals surface area contributed by atoms with Crippen LogP contribution in [0, 0.1) is 5.41 Å². The fourth-order valence-corrected chi connectivity index (χ4v) is 1.24. The normalized spacial score (nSPS) is 11.3. The third-order valence-corrected chi connectivity index (χ3v) is 1.92. The Hall–Kier alpha value is -2.57. The molecule has 0 bridgehead atoms. The summed E-state index contributed by atoms with van der Waals surface area (Å²) in [5.74, 6) is -1.48. The summed E-state index contributed by atoms with van der Waals surface area (Å²) >= 11 is 0. The van der Waals surface area contributed by atoms with Crippen molar-refractivity contribution in [3.63, 3.8) is 0 Å². The highest BCUT2D eigenvalue weighted by atomic mass is 16.2. The van der Waals surface area contributed by atoms with Crippen LogP contribution in [0.25, 0.3) is 0 Å². The molecule has 1 atom stereocenters. The number of carbonyl (C=O) groups excluding carboxylic acids is 2. The molecule has 0 saturated carbocycles. The van der Waals surface area contributed by atoms with Crippen LogP contribution in [-0.2, 0) is 4.79 Å². The number of urea groups is 1. The predicted octanol–water partition coefficient (Wildman–Crippen LogP) is -0.270. The van der Waals surface area contributed by atoms with Gasteiger partial charge in [0.1, 0.15) is 6.04 Å². The van der Waals surface area contributed by atoms with E-state index in [0.29, 0.717) is 5.56 Å². The molecule has 1 aromatic carbocycles. The average molecular weight is 234 g/mol. The van der Waals surface area contributed by atoms with Crippen molar-refractivity contribution in [2.45, 2.75) is 6.04 Å². The Labute approximate surface area is 97.7 Å². The maximum absolute atomic E-state index is 11.3. The van der Waals surface area contributed by atoms with Crippen molar-refractivity contribution in [1.29, 1.82) is 5.41 Å². The summed E-state index contributed by atoms with van der Waals surface area (Å²) in [7, 11) is 0. The van der Waals surface area contributed by atoms with Gasteiger partial charge in [-0.2, -0.15) is 0 Å². The van der Waals surface area contributed by atoms with Gasteiger partial charge < -0.3 is 11.1 Å². The minimum absolute atomic E-state index is 0.492. The minimum atomic E-state index is -1.07. The van der Waals surface area contributed by atoms with E-state index in [1.165, 1.54) is 0 Å². The van der Waals surface area contributed by atoms with E-state index in [-0.39, 0.29) is 0 Å². The Morgan fingerprint density at radius 2 is 1.82 bits per heavy atom. The Morgan fingerprint density at radius 3 is 2.29 bits per heavy atom. The predicted molar refractivity (Wildman–Crippen MR) is 60.9 cm³/mol. The maximum atomic E-state index is 11.3. The van der Waals surface area contributed by atoms with E-state index in [0.717, 1.165) is 0 Å². The summed E-state index contributed by atoms with van der Waals surface area (Å²) in [5.41, 5.74) is 12.5. The van der Waals surface area contributed by atoms with Crippen LogP contribution in [-0.4, -0.2) is 17.9 Å². The first-order valence-electron chi connectivity index (χ1n) is 4.72. The Kier molecular flexibility index (Phi) is 4.04. The van der Waals surface area contributed by atoms with Crippen LogP contribution < -0.4 is 22.1 Å². The molecule has 7 heteroatoms. The molecule has 0 aromatic heterocycles. The van der Waals surface area contributed by atoms with Gasteiger partial charge in [-0.25, -0.2) is 4.79 Å². The molecule has 1 rings (SSSR count). The van der Waals surface area contributed by atoms with Crippen LogP contribution in [0.4, 0.5) is 4.79 Å². The summed E-state index contributed by atoms with van der Waals surface area (Å²) in [6.45, 7) is 0. The highest BCUT2D eigenvalue weighted by Gasteiger charge is 2.20. The second-order valence-corrected chi connectivity index (χ2v) is 3.22. The minimum Gasteiger partial charge on any atom is -0.370 e. The lowest BCUT2D eigenvalue weighted by atomic mass is 10.1. The van der Waals surface area contributed by atoms with Gasteiger partial charge in [0.25, 0.3) is 5.91 Å². The Bertz CT molecular complexity index is 432. The van der Waals surface area contributed by atoms with Gasteiger partial charge in [-0.05, 0) is 5.56 Å². The van der Waals surface area contributed by atoms with Crippen molar-refractivity contribution in [2.75, 3.05) is 0 Å². The summed E-state index contributed by atoms with van der Waals surface area (Å²) in [4.78, 5) is 22.4. The number of benzene rings is 1. The highest BCUT2D eigenvalue weighted by molar-refractivity contribution is 5.95. The van der Waals surface area contributed by atoms with Gasteiger partial charge in [0.15, 0.2) is 5.96 Å². The highest BCUT2D eigenvalue weighted by Crippen LogP contribution is 2.11. The maximum Gasteiger partial charge on any atom is 0.322 e. The van der Waals surface area contributed by atoms with E-state index < -0.39 is 23.9 Å². The van der Waals surface area contributed by atoms with E-state index >= 15 is 0 Å². The largest absolute Gasteiger partial charge is 0.370 e. The SMILES string of the molecule is [NH]C(=O)C(NC(=O)NC(=N)N)c1ccccc1. The molecule has 89 valence electrons. The lowest BCUT2D eigenvalue weighted by Gasteiger charge is -2.15. The number of nitrogens with two attached hydrogens (primary N) is 1. The smallest absolute Gasteiger partial charge is 0.322 e. The number of guanidine groups is 1. The molecule has 0 aliphatic carbocycles. The number of rotatable bonds is 3. The second kappa shape index (κ2) is 5.50. The molecule has 1 aromatic rings. The molecule has 0 spiro atoms. The topological polar surface area (TPSA) is 132 Å². The van der Waals surface area contributed by atoms with Gasteiger partial charge in [-0.1, -0.05) is 30.3 Å². The number of amides is 3. The molecule has 0 saturated heterocycles. The van der Waals surface area contributed by atoms with Crippen LogP contribution in [0.3, 0.4) is 0 Å². The summed E-state index contributed by atoms with van der Waals surface area (Å²) in [5, 5.41) is 11.1. The van der Waals surface area contributed by atoms with Gasteiger partial charge in [0.2, 0.25) is 0 Å². The van der Waals surface area contributed by atoms with Crippen molar-refractivity contribution < 1.29 is 9.59 Å². The second-order valence-electron chi connectivity index (χ2n) is 3.22. The first-order chi connectivity index (χ1) is 8.00. The molecule has 7 nitrogen and oxygen atoms in total. The van der Waals surface area contributed by atoms with E-state index in [1.54, 1.807) is 30.3 Å². The van der Waals surface area contributed by atoms with Gasteiger partial charge in [-0.15, -0.1) is 0 Å². The van der Waals surface area contributed by atoms with Crippen molar-refractivity contribution in [3.05, 3.63) is 35.9 Å². The molecule has 3 amide bonds. The molecule has 0 aliphatic rings. The average Bonchev–Trinajstić information content (AvgIpc) is 2.25. The zero-order chi connectivity index (χ0) is 12.8. The standard InChI is InChI=1S/C10H12N5O2/c11-8(16)7(6-4-2-1-3-5-6)14-10(17)15-9(12)13/h1-5,7,11H,(H5,12,13,14,15,17). The summed E-state index contributed by atoms with van der Waals surface area (Å²) < 4.78 is 0.